The van der Waals surface area contributed by atoms with Crippen molar-refractivity contribution in [3.05, 3.63) is 64.8 Å². The SMILES string of the molecule is CCOC(=O)c1nnc(-c2cc(Cl)ccc2OC(C)(C)c2nnc(-c3ccccc3C(F)(F)F)n2C)o1. The van der Waals surface area contributed by atoms with Gasteiger partial charge in [0.05, 0.1) is 17.7 Å². The van der Waals surface area contributed by atoms with Crippen LogP contribution in [0.3, 0.4) is 0 Å². The number of halogens is 4. The zero-order chi connectivity index (χ0) is 27.0. The topological polar surface area (TPSA) is 105 Å². The van der Waals surface area contributed by atoms with Crippen molar-refractivity contribution in [1.82, 2.24) is 25.0 Å². The van der Waals surface area contributed by atoms with Gasteiger partial charge in [-0.25, -0.2) is 4.79 Å². The molecule has 0 atom stereocenters. The molecular formula is C24H21ClF3N5O4. The molecule has 2 heterocycles. The predicted octanol–water partition coefficient (Wildman–Crippen LogP) is 5.70. The Morgan fingerprint density at radius 1 is 1.05 bits per heavy atom. The summed E-state index contributed by atoms with van der Waals surface area (Å²) in [5, 5.41) is 16.1. The maximum Gasteiger partial charge on any atom is 0.417 e. The first-order valence-electron chi connectivity index (χ1n) is 11.0. The molecule has 0 bridgehead atoms. The molecule has 0 aliphatic rings. The van der Waals surface area contributed by atoms with Crippen LogP contribution in [0.25, 0.3) is 22.8 Å². The van der Waals surface area contributed by atoms with Crippen LogP contribution in [0.2, 0.25) is 5.02 Å². The van der Waals surface area contributed by atoms with Crippen molar-refractivity contribution in [2.24, 2.45) is 7.05 Å². The minimum Gasteiger partial charge on any atom is -0.479 e. The van der Waals surface area contributed by atoms with Crippen molar-refractivity contribution in [2.75, 3.05) is 6.61 Å². The van der Waals surface area contributed by atoms with Gasteiger partial charge in [-0.3, -0.25) is 0 Å². The summed E-state index contributed by atoms with van der Waals surface area (Å²) in [6.45, 7) is 5.11. The smallest absolute Gasteiger partial charge is 0.417 e. The van der Waals surface area contributed by atoms with Gasteiger partial charge in [0.15, 0.2) is 17.2 Å². The Morgan fingerprint density at radius 2 is 1.78 bits per heavy atom. The monoisotopic (exact) mass is 535 g/mol. The zero-order valence-electron chi connectivity index (χ0n) is 20.1. The molecule has 0 saturated carbocycles. The Hall–Kier alpha value is -3.93. The van der Waals surface area contributed by atoms with E-state index in [1.165, 1.54) is 28.8 Å². The third-order valence-corrected chi connectivity index (χ3v) is 5.53. The zero-order valence-corrected chi connectivity index (χ0v) is 20.9. The van der Waals surface area contributed by atoms with Crippen LogP contribution in [-0.2, 0) is 23.6 Å². The number of ether oxygens (including phenoxy) is 2. The van der Waals surface area contributed by atoms with Crippen LogP contribution in [0, 0.1) is 0 Å². The number of aromatic nitrogens is 5. The lowest BCUT2D eigenvalue weighted by Crippen LogP contribution is -2.29. The second kappa shape index (κ2) is 9.85. The highest BCUT2D eigenvalue weighted by Crippen LogP contribution is 2.39. The molecule has 0 aliphatic carbocycles. The summed E-state index contributed by atoms with van der Waals surface area (Å²) < 4.78 is 58.7. The van der Waals surface area contributed by atoms with E-state index >= 15 is 0 Å². The molecular weight excluding hydrogens is 515 g/mol. The molecule has 9 nitrogen and oxygen atoms in total. The Bertz CT molecular complexity index is 1450. The van der Waals surface area contributed by atoms with Gasteiger partial charge in [-0.05, 0) is 45.0 Å². The van der Waals surface area contributed by atoms with E-state index in [1.54, 1.807) is 40.0 Å². The fourth-order valence-corrected chi connectivity index (χ4v) is 3.87. The lowest BCUT2D eigenvalue weighted by atomic mass is 10.1. The van der Waals surface area contributed by atoms with Gasteiger partial charge in [-0.1, -0.05) is 29.8 Å². The standard InChI is InChI=1S/C24H21ClF3N5O4/c1-5-35-21(34)20-31-30-19(36-20)15-12-13(25)10-11-17(15)37-23(2,3)22-32-29-18(33(22)4)14-8-6-7-9-16(14)24(26,27)28/h6-12H,5H2,1-4H3. The second-order valence-electron chi connectivity index (χ2n) is 8.34. The predicted molar refractivity (Wildman–Crippen MR) is 126 cm³/mol. The molecule has 0 spiro atoms. The largest absolute Gasteiger partial charge is 0.479 e. The van der Waals surface area contributed by atoms with Gasteiger partial charge in [-0.2, -0.15) is 13.2 Å². The molecule has 2 aromatic carbocycles. The summed E-state index contributed by atoms with van der Waals surface area (Å²) in [6, 6.07) is 9.76. The van der Waals surface area contributed by atoms with Crippen LogP contribution in [0.1, 0.15) is 42.8 Å². The van der Waals surface area contributed by atoms with Crippen molar-refractivity contribution >= 4 is 17.6 Å². The number of hydrogen-bond donors (Lipinski definition) is 0. The molecule has 37 heavy (non-hydrogen) atoms. The summed E-state index contributed by atoms with van der Waals surface area (Å²) in [4.78, 5) is 11.9. The number of benzene rings is 2. The lowest BCUT2D eigenvalue weighted by molar-refractivity contribution is -0.137. The Labute approximate surface area is 214 Å². The van der Waals surface area contributed by atoms with Crippen LogP contribution in [0.5, 0.6) is 5.75 Å². The molecule has 0 saturated heterocycles. The van der Waals surface area contributed by atoms with Gasteiger partial charge >= 0.3 is 18.0 Å². The van der Waals surface area contributed by atoms with E-state index in [4.69, 9.17) is 25.5 Å². The first-order chi connectivity index (χ1) is 17.4. The van der Waals surface area contributed by atoms with E-state index in [1.807, 2.05) is 0 Å². The maximum absolute atomic E-state index is 13.6. The van der Waals surface area contributed by atoms with Crippen molar-refractivity contribution < 1.29 is 31.9 Å². The minimum absolute atomic E-state index is 0.0203. The van der Waals surface area contributed by atoms with Gasteiger partial charge in [0.25, 0.3) is 5.89 Å². The van der Waals surface area contributed by atoms with Gasteiger partial charge in [-0.15, -0.1) is 20.4 Å². The van der Waals surface area contributed by atoms with E-state index in [0.29, 0.717) is 5.02 Å². The average molecular weight is 536 g/mol. The van der Waals surface area contributed by atoms with Gasteiger partial charge < -0.3 is 18.5 Å². The molecule has 0 aliphatic heterocycles. The van der Waals surface area contributed by atoms with Crippen LogP contribution >= 0.6 is 11.6 Å². The molecule has 0 radical (unpaired) electrons. The normalized spacial score (nSPS) is 12.0. The van der Waals surface area contributed by atoms with E-state index in [9.17, 15) is 18.0 Å². The number of nitrogens with zero attached hydrogens (tertiary/aromatic N) is 5. The number of carbonyl (C=O) groups excluding carboxylic acids is 1. The van der Waals surface area contributed by atoms with Gasteiger partial charge in [0.1, 0.15) is 5.75 Å². The molecule has 194 valence electrons. The highest BCUT2D eigenvalue weighted by Gasteiger charge is 2.36. The van der Waals surface area contributed by atoms with Crippen molar-refractivity contribution in [2.45, 2.75) is 32.5 Å². The van der Waals surface area contributed by atoms with Crippen molar-refractivity contribution in [1.29, 1.82) is 0 Å². The molecule has 4 aromatic rings. The van der Waals surface area contributed by atoms with Crippen molar-refractivity contribution in [3.8, 4) is 28.6 Å². The molecule has 0 amide bonds. The third-order valence-electron chi connectivity index (χ3n) is 5.30. The van der Waals surface area contributed by atoms with Crippen LogP contribution in [0.4, 0.5) is 13.2 Å². The highest BCUT2D eigenvalue weighted by atomic mass is 35.5. The Balaban J connectivity index is 1.70. The van der Waals surface area contributed by atoms with Gasteiger partial charge in [0, 0.05) is 17.6 Å². The van der Waals surface area contributed by atoms with Crippen molar-refractivity contribution in [3.63, 3.8) is 0 Å². The highest BCUT2D eigenvalue weighted by molar-refractivity contribution is 6.30. The fourth-order valence-electron chi connectivity index (χ4n) is 3.70. The van der Waals surface area contributed by atoms with Crippen LogP contribution in [-0.4, -0.2) is 37.5 Å². The quantitative estimate of drug-likeness (QED) is 0.278. The van der Waals surface area contributed by atoms with Crippen LogP contribution < -0.4 is 4.74 Å². The van der Waals surface area contributed by atoms with E-state index in [0.717, 1.165) is 6.07 Å². The molecule has 0 N–H and O–H groups in total. The summed E-state index contributed by atoms with van der Waals surface area (Å²) in [5.74, 6) is -0.659. The molecule has 0 fully saturated rings. The number of carbonyl (C=O) groups is 1. The van der Waals surface area contributed by atoms with Gasteiger partial charge in [0.2, 0.25) is 0 Å². The molecule has 4 rings (SSSR count). The lowest BCUT2D eigenvalue weighted by Gasteiger charge is -2.26. The Kier molecular flexibility index (Phi) is 6.96. The second-order valence-corrected chi connectivity index (χ2v) is 8.77. The Morgan fingerprint density at radius 3 is 2.49 bits per heavy atom. The van der Waals surface area contributed by atoms with E-state index in [-0.39, 0.29) is 46.9 Å². The van der Waals surface area contributed by atoms with E-state index in [2.05, 4.69) is 20.4 Å². The van der Waals surface area contributed by atoms with Crippen LogP contribution in [0.15, 0.2) is 46.9 Å². The molecule has 0 unspecified atom stereocenters. The first kappa shape index (κ1) is 26.1. The summed E-state index contributed by atoms with van der Waals surface area (Å²) in [6.07, 6.45) is -4.57. The summed E-state index contributed by atoms with van der Waals surface area (Å²) >= 11 is 6.17. The first-order valence-corrected chi connectivity index (χ1v) is 11.4. The third kappa shape index (κ3) is 5.29. The fraction of sp³-hybridized carbons (Fsp3) is 0.292. The summed E-state index contributed by atoms with van der Waals surface area (Å²) in [7, 11) is 1.55. The number of rotatable bonds is 7. The molecule has 2 aromatic heterocycles. The minimum atomic E-state index is -4.57. The number of alkyl halides is 3. The number of esters is 1. The number of hydrogen-bond acceptors (Lipinski definition) is 8. The average Bonchev–Trinajstić information content (AvgIpc) is 3.47. The van der Waals surface area contributed by atoms with E-state index < -0.39 is 23.3 Å². The summed E-state index contributed by atoms with van der Waals surface area (Å²) in [5.41, 5.74) is -1.85. The molecule has 13 heteroatoms. The maximum atomic E-state index is 13.6.